The van der Waals surface area contributed by atoms with Crippen molar-refractivity contribution >= 4 is 34.4 Å². The Labute approximate surface area is 181 Å². The van der Waals surface area contributed by atoms with E-state index < -0.39 is 0 Å². The number of carbonyl (C=O) groups is 1. The Morgan fingerprint density at radius 2 is 1.90 bits per heavy atom. The second-order valence-electron chi connectivity index (χ2n) is 7.37. The Bertz CT molecular complexity index is 1040. The van der Waals surface area contributed by atoms with Gasteiger partial charge in [-0.25, -0.2) is 9.97 Å². The number of rotatable bonds is 6. The van der Waals surface area contributed by atoms with E-state index in [0.29, 0.717) is 36.4 Å². The molecule has 156 valence electrons. The number of fused-ring (bicyclic) bond motifs is 1. The van der Waals surface area contributed by atoms with Crippen molar-refractivity contribution in [2.45, 2.75) is 26.3 Å². The molecule has 1 aliphatic heterocycles. The van der Waals surface area contributed by atoms with E-state index in [2.05, 4.69) is 15.2 Å². The van der Waals surface area contributed by atoms with Crippen LogP contribution in [0.2, 0.25) is 5.02 Å². The number of para-hydroxylation sites is 2. The number of ether oxygens (including phenoxy) is 1. The molecule has 0 radical (unpaired) electrons. The predicted molar refractivity (Wildman–Crippen MR) is 119 cm³/mol. The quantitative estimate of drug-likeness (QED) is 0.641. The van der Waals surface area contributed by atoms with Crippen LogP contribution < -0.4 is 15.0 Å². The Morgan fingerprint density at radius 3 is 2.67 bits per heavy atom. The fourth-order valence-corrected chi connectivity index (χ4v) is 3.97. The Hall–Kier alpha value is -2.86. The molecule has 30 heavy (non-hydrogen) atoms. The lowest BCUT2D eigenvalue weighted by molar-refractivity contribution is -0.125. The Kier molecular flexibility index (Phi) is 6.33. The highest BCUT2D eigenvalue weighted by atomic mass is 35.5. The minimum atomic E-state index is -0.121. The van der Waals surface area contributed by atoms with Crippen molar-refractivity contribution in [2.75, 3.05) is 24.6 Å². The first kappa shape index (κ1) is 20.4. The molecule has 4 rings (SSSR count). The van der Waals surface area contributed by atoms with E-state index in [-0.39, 0.29) is 11.8 Å². The van der Waals surface area contributed by atoms with Crippen molar-refractivity contribution in [3.8, 4) is 5.88 Å². The van der Waals surface area contributed by atoms with Crippen LogP contribution in [0.25, 0.3) is 11.0 Å². The van der Waals surface area contributed by atoms with Gasteiger partial charge in [0.15, 0.2) is 5.82 Å². The number of benzene rings is 2. The number of aromatic nitrogens is 2. The van der Waals surface area contributed by atoms with Gasteiger partial charge in [0.2, 0.25) is 5.91 Å². The molecule has 1 N–H and O–H groups in total. The van der Waals surface area contributed by atoms with Crippen LogP contribution in [0.1, 0.15) is 25.3 Å². The van der Waals surface area contributed by atoms with Gasteiger partial charge in [-0.3, -0.25) is 4.79 Å². The van der Waals surface area contributed by atoms with E-state index in [1.54, 1.807) is 0 Å². The zero-order valence-electron chi connectivity index (χ0n) is 17.0. The predicted octanol–water partition coefficient (Wildman–Crippen LogP) is 4.21. The Balaban J connectivity index is 1.50. The van der Waals surface area contributed by atoms with Crippen molar-refractivity contribution in [1.29, 1.82) is 0 Å². The number of anilines is 1. The number of nitrogens with one attached hydrogen (secondary N) is 1. The first-order valence-corrected chi connectivity index (χ1v) is 10.7. The van der Waals surface area contributed by atoms with Crippen LogP contribution in [-0.2, 0) is 11.3 Å². The Morgan fingerprint density at radius 1 is 1.17 bits per heavy atom. The highest BCUT2D eigenvalue weighted by molar-refractivity contribution is 6.31. The molecule has 1 aliphatic rings. The number of carbonyl (C=O) groups excluding carboxylic acids is 1. The third-order valence-corrected chi connectivity index (χ3v) is 5.67. The average molecular weight is 425 g/mol. The summed E-state index contributed by atoms with van der Waals surface area (Å²) < 4.78 is 5.78. The number of hydrogen-bond donors (Lipinski definition) is 1. The average Bonchev–Trinajstić information content (AvgIpc) is 2.78. The maximum Gasteiger partial charge on any atom is 0.258 e. The summed E-state index contributed by atoms with van der Waals surface area (Å²) in [5.74, 6) is 1.14. The van der Waals surface area contributed by atoms with Gasteiger partial charge in [-0.2, -0.15) is 0 Å². The van der Waals surface area contributed by atoms with Gasteiger partial charge in [-0.05, 0) is 43.5 Å². The standard InChI is InChI=1S/C23H25ClN4O2/c1-2-30-23-21(26-19-11-5-6-12-20(19)27-23)28-13-7-9-17(15-28)22(29)25-14-16-8-3-4-10-18(16)24/h3-6,8,10-12,17H,2,7,9,13-15H2,1H3,(H,25,29)/t17-/m0/s1. The van der Waals surface area contributed by atoms with Crippen LogP contribution in [0.15, 0.2) is 48.5 Å². The van der Waals surface area contributed by atoms with E-state index in [1.807, 2.05) is 55.5 Å². The van der Waals surface area contributed by atoms with Gasteiger partial charge in [0.25, 0.3) is 5.88 Å². The van der Waals surface area contributed by atoms with Crippen molar-refractivity contribution in [1.82, 2.24) is 15.3 Å². The third kappa shape index (κ3) is 4.49. The van der Waals surface area contributed by atoms with Crippen LogP contribution in [0.4, 0.5) is 5.82 Å². The summed E-state index contributed by atoms with van der Waals surface area (Å²) in [5.41, 5.74) is 2.54. The molecule has 1 aromatic heterocycles. The zero-order valence-corrected chi connectivity index (χ0v) is 17.7. The molecule has 1 amide bonds. The fourth-order valence-electron chi connectivity index (χ4n) is 3.77. The van der Waals surface area contributed by atoms with Gasteiger partial charge in [-0.1, -0.05) is 41.9 Å². The molecule has 7 heteroatoms. The molecule has 6 nitrogen and oxygen atoms in total. The van der Waals surface area contributed by atoms with Gasteiger partial charge in [-0.15, -0.1) is 0 Å². The molecule has 1 fully saturated rings. The van der Waals surface area contributed by atoms with Gasteiger partial charge < -0.3 is 15.0 Å². The monoisotopic (exact) mass is 424 g/mol. The molecule has 0 spiro atoms. The summed E-state index contributed by atoms with van der Waals surface area (Å²) in [6, 6.07) is 15.3. The molecular formula is C23H25ClN4O2. The number of nitrogens with zero attached hydrogens (tertiary/aromatic N) is 3. The van der Waals surface area contributed by atoms with Gasteiger partial charge in [0.05, 0.1) is 23.6 Å². The molecule has 0 saturated carbocycles. The molecule has 0 aliphatic carbocycles. The van der Waals surface area contributed by atoms with E-state index in [9.17, 15) is 4.79 Å². The normalized spacial score (nSPS) is 16.5. The maximum absolute atomic E-state index is 12.8. The smallest absolute Gasteiger partial charge is 0.258 e. The number of piperidine rings is 1. The highest BCUT2D eigenvalue weighted by Gasteiger charge is 2.29. The second-order valence-corrected chi connectivity index (χ2v) is 7.78. The van der Waals surface area contributed by atoms with Crippen LogP contribution in [0.5, 0.6) is 5.88 Å². The van der Waals surface area contributed by atoms with Gasteiger partial charge in [0, 0.05) is 24.7 Å². The van der Waals surface area contributed by atoms with Crippen molar-refractivity contribution < 1.29 is 9.53 Å². The van der Waals surface area contributed by atoms with Crippen molar-refractivity contribution in [3.63, 3.8) is 0 Å². The minimum Gasteiger partial charge on any atom is -0.475 e. The zero-order chi connectivity index (χ0) is 20.9. The topological polar surface area (TPSA) is 67.4 Å². The molecule has 3 aromatic rings. The maximum atomic E-state index is 12.8. The molecule has 2 heterocycles. The lowest BCUT2D eigenvalue weighted by Crippen LogP contribution is -2.43. The molecular weight excluding hydrogens is 400 g/mol. The SMILES string of the molecule is CCOc1nc2ccccc2nc1N1CCC[C@H](C(=O)NCc2ccccc2Cl)C1. The van der Waals surface area contributed by atoms with Crippen molar-refractivity contribution in [2.24, 2.45) is 5.92 Å². The molecule has 0 bridgehead atoms. The summed E-state index contributed by atoms with van der Waals surface area (Å²) in [7, 11) is 0. The van der Waals surface area contributed by atoms with E-state index in [4.69, 9.17) is 21.3 Å². The summed E-state index contributed by atoms with van der Waals surface area (Å²) >= 11 is 6.20. The number of amides is 1. The molecule has 1 saturated heterocycles. The van der Waals surface area contributed by atoms with Crippen LogP contribution in [0, 0.1) is 5.92 Å². The third-order valence-electron chi connectivity index (χ3n) is 5.31. The highest BCUT2D eigenvalue weighted by Crippen LogP contribution is 2.30. The summed E-state index contributed by atoms with van der Waals surface area (Å²) in [5, 5.41) is 3.70. The first-order chi connectivity index (χ1) is 14.7. The number of halogens is 1. The first-order valence-electron chi connectivity index (χ1n) is 10.3. The second kappa shape index (κ2) is 9.30. The minimum absolute atomic E-state index is 0.0336. The lowest BCUT2D eigenvalue weighted by atomic mass is 9.97. The summed E-state index contributed by atoms with van der Waals surface area (Å²) in [6.07, 6.45) is 1.75. The van der Waals surface area contributed by atoms with Crippen LogP contribution in [0.3, 0.4) is 0 Å². The van der Waals surface area contributed by atoms with Crippen LogP contribution in [-0.4, -0.2) is 35.6 Å². The number of hydrogen-bond acceptors (Lipinski definition) is 5. The fraction of sp³-hybridized carbons (Fsp3) is 0.348. The van der Waals surface area contributed by atoms with Gasteiger partial charge >= 0.3 is 0 Å². The largest absolute Gasteiger partial charge is 0.475 e. The lowest BCUT2D eigenvalue weighted by Gasteiger charge is -2.33. The van der Waals surface area contributed by atoms with Crippen LogP contribution >= 0.6 is 11.6 Å². The van der Waals surface area contributed by atoms with E-state index in [1.165, 1.54) is 0 Å². The molecule has 2 aromatic carbocycles. The summed E-state index contributed by atoms with van der Waals surface area (Å²) in [4.78, 5) is 24.4. The van der Waals surface area contributed by atoms with Crippen molar-refractivity contribution in [3.05, 3.63) is 59.1 Å². The molecule has 1 atom stereocenters. The van der Waals surface area contributed by atoms with E-state index >= 15 is 0 Å². The van der Waals surface area contributed by atoms with E-state index in [0.717, 1.165) is 36.0 Å². The van der Waals surface area contributed by atoms with Gasteiger partial charge in [0.1, 0.15) is 0 Å². The summed E-state index contributed by atoms with van der Waals surface area (Å²) in [6.45, 7) is 4.27. The molecule has 0 unspecified atom stereocenters.